The highest BCUT2D eigenvalue weighted by Crippen LogP contribution is 2.46. The molecule has 1 fully saturated rings. The third kappa shape index (κ3) is 5.19. The minimum Gasteiger partial charge on any atom is -0.508 e. The number of hydrogen-bond donors (Lipinski definition) is 1. The van der Waals surface area contributed by atoms with E-state index in [1.807, 2.05) is 36.4 Å². The van der Waals surface area contributed by atoms with Crippen LogP contribution in [-0.2, 0) is 14.3 Å². The summed E-state index contributed by atoms with van der Waals surface area (Å²) in [4.78, 5) is 26.7. The molecule has 3 atom stereocenters. The summed E-state index contributed by atoms with van der Waals surface area (Å²) in [6.45, 7) is 1.34. The zero-order chi connectivity index (χ0) is 23.5. The molecule has 0 aromatic heterocycles. The van der Waals surface area contributed by atoms with Crippen molar-refractivity contribution in [1.82, 2.24) is 0 Å². The highest BCUT2D eigenvalue weighted by Gasteiger charge is 2.48. The van der Waals surface area contributed by atoms with Crippen LogP contribution in [0.15, 0.2) is 72.8 Å². The van der Waals surface area contributed by atoms with Gasteiger partial charge >= 0.3 is 5.97 Å². The van der Waals surface area contributed by atoms with Gasteiger partial charge in [0.05, 0.1) is 12.0 Å². The van der Waals surface area contributed by atoms with Gasteiger partial charge < -0.3 is 14.7 Å². The average Bonchev–Trinajstić information content (AvgIpc) is 2.79. The van der Waals surface area contributed by atoms with Gasteiger partial charge in [0.15, 0.2) is 0 Å². The first-order valence-corrected chi connectivity index (χ1v) is 11.7. The van der Waals surface area contributed by atoms with Crippen LogP contribution in [0.25, 0.3) is 0 Å². The molecule has 0 aliphatic carbocycles. The number of carbonyl (C=O) groups excluding carboxylic acids is 2. The number of aromatic hydroxyl groups is 1. The van der Waals surface area contributed by atoms with Gasteiger partial charge in [-0.3, -0.25) is 9.59 Å². The molecule has 3 aromatic carbocycles. The van der Waals surface area contributed by atoms with Crippen LogP contribution < -0.4 is 4.90 Å². The van der Waals surface area contributed by atoms with Gasteiger partial charge in [-0.2, -0.15) is 0 Å². The van der Waals surface area contributed by atoms with Crippen molar-refractivity contribution < 1.29 is 23.8 Å². The van der Waals surface area contributed by atoms with Crippen LogP contribution >= 0.6 is 22.6 Å². The van der Waals surface area contributed by atoms with Gasteiger partial charge in [0, 0.05) is 16.2 Å². The number of hydrogen-bond acceptors (Lipinski definition) is 4. The number of esters is 1. The quantitative estimate of drug-likeness (QED) is 0.222. The first kappa shape index (κ1) is 23.2. The van der Waals surface area contributed by atoms with Crippen molar-refractivity contribution in [3.05, 3.63) is 93.3 Å². The average molecular weight is 559 g/mol. The summed E-state index contributed by atoms with van der Waals surface area (Å²) in [6, 6.07) is 20.3. The predicted octanol–water partition coefficient (Wildman–Crippen LogP) is 5.92. The summed E-state index contributed by atoms with van der Waals surface area (Å²) < 4.78 is 19.9. The SMILES string of the molecule is CC(=O)OC(CC[C@H]1C(=O)N(c2ccc(I)cc2)[C@@H]1c1ccc(O)cc1)c1ccc(F)cc1. The van der Waals surface area contributed by atoms with Crippen LogP contribution in [0.1, 0.15) is 43.0 Å². The predicted molar refractivity (Wildman–Crippen MR) is 131 cm³/mol. The van der Waals surface area contributed by atoms with Crippen LogP contribution in [0, 0.1) is 15.3 Å². The summed E-state index contributed by atoms with van der Waals surface area (Å²) in [5, 5.41) is 9.71. The fourth-order valence-corrected chi connectivity index (χ4v) is 4.63. The van der Waals surface area contributed by atoms with Crippen molar-refractivity contribution in [3.8, 4) is 5.75 Å². The molecule has 1 aliphatic heterocycles. The summed E-state index contributed by atoms with van der Waals surface area (Å²) in [5.74, 6) is -0.954. The number of phenolic OH excluding ortho intramolecular Hbond substituents is 1. The zero-order valence-corrected chi connectivity index (χ0v) is 20.1. The topological polar surface area (TPSA) is 66.8 Å². The maximum atomic E-state index is 13.4. The van der Waals surface area contributed by atoms with Crippen LogP contribution in [0.4, 0.5) is 10.1 Å². The number of ether oxygens (including phenoxy) is 1. The molecule has 1 heterocycles. The van der Waals surface area contributed by atoms with Gasteiger partial charge in [-0.25, -0.2) is 4.39 Å². The van der Waals surface area contributed by atoms with Crippen molar-refractivity contribution >= 4 is 40.2 Å². The Kier molecular flexibility index (Phi) is 6.97. The van der Waals surface area contributed by atoms with Gasteiger partial charge in [0.25, 0.3) is 0 Å². The lowest BCUT2D eigenvalue weighted by Gasteiger charge is -2.48. The summed E-state index contributed by atoms with van der Waals surface area (Å²) in [5.41, 5.74) is 2.42. The Morgan fingerprint density at radius 3 is 2.30 bits per heavy atom. The molecule has 170 valence electrons. The standard InChI is InChI=1S/C26H23FINO4/c1-16(30)33-24(17-2-6-19(27)7-3-17)15-14-23-25(18-4-12-22(31)13-5-18)29(26(23)32)21-10-8-20(28)9-11-21/h2-13,23-25,31H,14-15H2,1H3/t23-,24?,25-/m1/s1. The molecule has 1 N–H and O–H groups in total. The number of phenols is 1. The number of carbonyl (C=O) groups is 2. The monoisotopic (exact) mass is 559 g/mol. The summed E-state index contributed by atoms with van der Waals surface area (Å²) in [6.07, 6.45) is 0.348. The second-order valence-corrected chi connectivity index (χ2v) is 9.30. The molecule has 3 aromatic rings. The highest BCUT2D eigenvalue weighted by molar-refractivity contribution is 14.1. The van der Waals surface area contributed by atoms with Crippen LogP contribution in [0.5, 0.6) is 5.75 Å². The molecule has 1 saturated heterocycles. The lowest BCUT2D eigenvalue weighted by Crippen LogP contribution is -2.55. The molecular formula is C26H23FINO4. The molecule has 33 heavy (non-hydrogen) atoms. The van der Waals surface area contributed by atoms with Crippen LogP contribution in [-0.4, -0.2) is 17.0 Å². The normalized spacial score (nSPS) is 18.5. The molecule has 0 saturated carbocycles. The smallest absolute Gasteiger partial charge is 0.303 e. The Morgan fingerprint density at radius 1 is 1.06 bits per heavy atom. The molecular weight excluding hydrogens is 536 g/mol. The first-order valence-electron chi connectivity index (χ1n) is 10.6. The van der Waals surface area contributed by atoms with E-state index in [1.54, 1.807) is 29.2 Å². The fraction of sp³-hybridized carbons (Fsp3) is 0.231. The maximum absolute atomic E-state index is 13.4. The molecule has 0 spiro atoms. The molecule has 1 aliphatic rings. The van der Waals surface area contributed by atoms with E-state index < -0.39 is 12.1 Å². The molecule has 0 radical (unpaired) electrons. The number of rotatable bonds is 7. The Hall–Kier alpha value is -2.94. The van der Waals surface area contributed by atoms with E-state index in [1.165, 1.54) is 19.1 Å². The van der Waals surface area contributed by atoms with Crippen molar-refractivity contribution in [1.29, 1.82) is 0 Å². The number of amides is 1. The third-order valence-corrected chi connectivity index (χ3v) is 6.56. The van der Waals surface area contributed by atoms with Crippen molar-refractivity contribution in [2.24, 2.45) is 5.92 Å². The van der Waals surface area contributed by atoms with Crippen molar-refractivity contribution in [2.45, 2.75) is 31.9 Å². The third-order valence-electron chi connectivity index (χ3n) is 5.84. The Labute approximate surface area is 205 Å². The maximum Gasteiger partial charge on any atom is 0.303 e. The van der Waals surface area contributed by atoms with E-state index in [4.69, 9.17) is 4.74 Å². The van der Waals surface area contributed by atoms with Crippen molar-refractivity contribution in [3.63, 3.8) is 0 Å². The molecule has 4 rings (SSSR count). The number of benzene rings is 3. The minimum absolute atomic E-state index is 0.00466. The van der Waals surface area contributed by atoms with Crippen molar-refractivity contribution in [2.75, 3.05) is 4.90 Å². The molecule has 7 heteroatoms. The van der Waals surface area contributed by atoms with E-state index in [0.717, 1.165) is 14.8 Å². The van der Waals surface area contributed by atoms with Crippen LogP contribution in [0.2, 0.25) is 0 Å². The van der Waals surface area contributed by atoms with Gasteiger partial charge in [-0.1, -0.05) is 24.3 Å². The Bertz CT molecular complexity index is 1130. The first-order chi connectivity index (χ1) is 15.8. The molecule has 1 amide bonds. The number of β-lactam (4-membered cyclic amide) rings is 1. The molecule has 0 bridgehead atoms. The minimum atomic E-state index is -0.566. The summed E-state index contributed by atoms with van der Waals surface area (Å²) >= 11 is 2.22. The van der Waals surface area contributed by atoms with Gasteiger partial charge in [0.2, 0.25) is 5.91 Å². The second kappa shape index (κ2) is 9.91. The lowest BCUT2D eigenvalue weighted by molar-refractivity contribution is -0.147. The van der Waals surface area contributed by atoms with Gasteiger partial charge in [-0.15, -0.1) is 0 Å². The van der Waals surface area contributed by atoms with E-state index in [9.17, 15) is 19.1 Å². The zero-order valence-electron chi connectivity index (χ0n) is 17.9. The lowest BCUT2D eigenvalue weighted by atomic mass is 9.78. The highest BCUT2D eigenvalue weighted by atomic mass is 127. The Morgan fingerprint density at radius 2 is 1.70 bits per heavy atom. The van der Waals surface area contributed by atoms with Gasteiger partial charge in [0.1, 0.15) is 17.7 Å². The van der Waals surface area contributed by atoms with E-state index in [2.05, 4.69) is 22.6 Å². The van der Waals surface area contributed by atoms with E-state index >= 15 is 0 Å². The Balaban J connectivity index is 1.58. The molecule has 5 nitrogen and oxygen atoms in total. The summed E-state index contributed by atoms with van der Waals surface area (Å²) in [7, 11) is 0. The van der Waals surface area contributed by atoms with Gasteiger partial charge in [-0.05, 0) is 95.1 Å². The fourth-order valence-electron chi connectivity index (χ4n) is 4.27. The number of anilines is 1. The van der Waals surface area contributed by atoms with E-state index in [0.29, 0.717) is 18.4 Å². The largest absolute Gasteiger partial charge is 0.508 e. The number of nitrogens with zero attached hydrogens (tertiary/aromatic N) is 1. The second-order valence-electron chi connectivity index (χ2n) is 8.05. The van der Waals surface area contributed by atoms with Crippen LogP contribution in [0.3, 0.4) is 0 Å². The van der Waals surface area contributed by atoms with E-state index in [-0.39, 0.29) is 29.4 Å². The molecule has 1 unspecified atom stereocenters. The number of halogens is 2.